The van der Waals surface area contributed by atoms with Crippen molar-refractivity contribution in [3.63, 3.8) is 0 Å². The SMILES string of the molecule is c1cc(-c2cnccn2)cc(-c2ccn(CC3COCCO3)n2)c1. The van der Waals surface area contributed by atoms with Gasteiger partial charge in [0.05, 0.1) is 44.0 Å². The van der Waals surface area contributed by atoms with Crippen molar-refractivity contribution in [2.45, 2.75) is 12.6 Å². The van der Waals surface area contributed by atoms with Crippen LogP contribution in [0.2, 0.25) is 0 Å². The Balaban J connectivity index is 1.54. The summed E-state index contributed by atoms with van der Waals surface area (Å²) in [6.45, 7) is 2.65. The van der Waals surface area contributed by atoms with Gasteiger partial charge in [-0.15, -0.1) is 0 Å². The summed E-state index contributed by atoms with van der Waals surface area (Å²) in [5, 5.41) is 4.65. The molecule has 0 bridgehead atoms. The second-order valence-corrected chi connectivity index (χ2v) is 5.66. The molecule has 0 saturated carbocycles. The lowest BCUT2D eigenvalue weighted by Gasteiger charge is -2.22. The molecule has 3 heterocycles. The van der Waals surface area contributed by atoms with Gasteiger partial charge in [-0.25, -0.2) is 0 Å². The van der Waals surface area contributed by atoms with E-state index in [0.717, 1.165) is 22.5 Å². The van der Waals surface area contributed by atoms with Gasteiger partial charge in [0.1, 0.15) is 6.10 Å². The smallest absolute Gasteiger partial charge is 0.100 e. The van der Waals surface area contributed by atoms with Gasteiger partial charge in [0.15, 0.2) is 0 Å². The monoisotopic (exact) mass is 322 g/mol. The molecule has 122 valence electrons. The maximum absolute atomic E-state index is 5.67. The fourth-order valence-corrected chi connectivity index (χ4v) is 2.75. The van der Waals surface area contributed by atoms with Crippen LogP contribution in [-0.2, 0) is 16.0 Å². The normalized spacial score (nSPS) is 17.8. The molecule has 1 aromatic carbocycles. The molecule has 0 spiro atoms. The summed E-state index contributed by atoms with van der Waals surface area (Å²) < 4.78 is 13.0. The molecule has 1 fully saturated rings. The first kappa shape index (κ1) is 15.0. The van der Waals surface area contributed by atoms with Gasteiger partial charge >= 0.3 is 0 Å². The van der Waals surface area contributed by atoms with E-state index in [4.69, 9.17) is 9.47 Å². The summed E-state index contributed by atoms with van der Waals surface area (Å²) >= 11 is 0. The zero-order valence-corrected chi connectivity index (χ0v) is 13.2. The summed E-state index contributed by atoms with van der Waals surface area (Å²) in [5.74, 6) is 0. The summed E-state index contributed by atoms with van der Waals surface area (Å²) in [5.41, 5.74) is 3.86. The second kappa shape index (κ2) is 6.90. The van der Waals surface area contributed by atoms with E-state index < -0.39 is 0 Å². The van der Waals surface area contributed by atoms with Crippen LogP contribution in [0.4, 0.5) is 0 Å². The highest BCUT2D eigenvalue weighted by Gasteiger charge is 2.15. The number of hydrogen-bond donors (Lipinski definition) is 0. The predicted molar refractivity (Wildman–Crippen MR) is 89.2 cm³/mol. The Morgan fingerprint density at radius 1 is 1.08 bits per heavy atom. The Bertz CT molecular complexity index is 798. The largest absolute Gasteiger partial charge is 0.376 e. The zero-order chi connectivity index (χ0) is 16.2. The van der Waals surface area contributed by atoms with E-state index in [1.165, 1.54) is 0 Å². The Labute approximate surface area is 140 Å². The number of nitrogens with zero attached hydrogens (tertiary/aromatic N) is 4. The predicted octanol–water partition coefficient (Wildman–Crippen LogP) is 2.42. The summed E-state index contributed by atoms with van der Waals surface area (Å²) in [6.07, 6.45) is 7.17. The minimum Gasteiger partial charge on any atom is -0.376 e. The molecule has 6 nitrogen and oxygen atoms in total. The quantitative estimate of drug-likeness (QED) is 0.738. The highest BCUT2D eigenvalue weighted by atomic mass is 16.6. The molecule has 4 rings (SSSR count). The van der Waals surface area contributed by atoms with Gasteiger partial charge in [-0.2, -0.15) is 5.10 Å². The van der Waals surface area contributed by atoms with Crippen molar-refractivity contribution >= 4 is 0 Å². The first-order valence-electron chi connectivity index (χ1n) is 7.98. The Hall–Kier alpha value is -2.57. The molecule has 0 radical (unpaired) electrons. The number of aromatic nitrogens is 4. The van der Waals surface area contributed by atoms with Crippen molar-refractivity contribution in [1.82, 2.24) is 19.7 Å². The minimum absolute atomic E-state index is 0.0671. The van der Waals surface area contributed by atoms with Gasteiger partial charge in [0, 0.05) is 29.7 Å². The van der Waals surface area contributed by atoms with Crippen molar-refractivity contribution in [3.8, 4) is 22.5 Å². The Morgan fingerprint density at radius 2 is 2.00 bits per heavy atom. The van der Waals surface area contributed by atoms with Crippen molar-refractivity contribution in [1.29, 1.82) is 0 Å². The van der Waals surface area contributed by atoms with Crippen LogP contribution < -0.4 is 0 Å². The maximum atomic E-state index is 5.67. The lowest BCUT2D eigenvalue weighted by atomic mass is 10.1. The van der Waals surface area contributed by atoms with Gasteiger partial charge in [0.25, 0.3) is 0 Å². The second-order valence-electron chi connectivity index (χ2n) is 5.66. The lowest BCUT2D eigenvalue weighted by Crippen LogP contribution is -2.32. The van der Waals surface area contributed by atoms with E-state index in [9.17, 15) is 0 Å². The molecule has 1 unspecified atom stereocenters. The minimum atomic E-state index is 0.0671. The molecule has 1 aliphatic heterocycles. The van der Waals surface area contributed by atoms with E-state index in [2.05, 4.69) is 21.1 Å². The van der Waals surface area contributed by atoms with Crippen molar-refractivity contribution in [2.75, 3.05) is 19.8 Å². The number of ether oxygens (including phenoxy) is 2. The third-order valence-corrected chi connectivity index (χ3v) is 3.93. The van der Waals surface area contributed by atoms with Crippen LogP contribution in [0.1, 0.15) is 0 Å². The van der Waals surface area contributed by atoms with Crippen LogP contribution in [0.15, 0.2) is 55.1 Å². The fourth-order valence-electron chi connectivity index (χ4n) is 2.75. The Kier molecular flexibility index (Phi) is 4.31. The van der Waals surface area contributed by atoms with Gasteiger partial charge in [-0.1, -0.05) is 18.2 Å². The van der Waals surface area contributed by atoms with Crippen molar-refractivity contribution in [3.05, 3.63) is 55.1 Å². The highest BCUT2D eigenvalue weighted by Crippen LogP contribution is 2.23. The molecule has 6 heteroatoms. The first-order valence-corrected chi connectivity index (χ1v) is 7.98. The van der Waals surface area contributed by atoms with Crippen LogP contribution in [-0.4, -0.2) is 45.7 Å². The average molecular weight is 322 g/mol. The fraction of sp³-hybridized carbons (Fsp3) is 0.278. The van der Waals surface area contributed by atoms with E-state index >= 15 is 0 Å². The third-order valence-electron chi connectivity index (χ3n) is 3.93. The average Bonchev–Trinajstić information content (AvgIpc) is 3.12. The van der Waals surface area contributed by atoms with Gasteiger partial charge in [-0.05, 0) is 12.1 Å². The van der Waals surface area contributed by atoms with E-state index in [0.29, 0.717) is 26.4 Å². The van der Waals surface area contributed by atoms with Crippen LogP contribution in [0.25, 0.3) is 22.5 Å². The van der Waals surface area contributed by atoms with Gasteiger partial charge in [0.2, 0.25) is 0 Å². The topological polar surface area (TPSA) is 62.1 Å². The number of benzene rings is 1. The summed E-state index contributed by atoms with van der Waals surface area (Å²) in [4.78, 5) is 8.47. The van der Waals surface area contributed by atoms with E-state index in [1.54, 1.807) is 18.6 Å². The molecule has 3 aromatic rings. The molecule has 0 N–H and O–H groups in total. The molecule has 1 aliphatic rings. The maximum Gasteiger partial charge on any atom is 0.100 e. The molecule has 0 amide bonds. The summed E-state index contributed by atoms with van der Waals surface area (Å²) in [7, 11) is 0. The first-order chi connectivity index (χ1) is 11.9. The van der Waals surface area contributed by atoms with Gasteiger partial charge in [-0.3, -0.25) is 14.6 Å². The van der Waals surface area contributed by atoms with Crippen LogP contribution in [0, 0.1) is 0 Å². The molecule has 24 heavy (non-hydrogen) atoms. The molecule has 1 saturated heterocycles. The molecule has 2 aromatic heterocycles. The highest BCUT2D eigenvalue weighted by molar-refractivity contribution is 5.68. The summed E-state index contributed by atoms with van der Waals surface area (Å²) in [6, 6.07) is 10.2. The van der Waals surface area contributed by atoms with Crippen molar-refractivity contribution < 1.29 is 9.47 Å². The van der Waals surface area contributed by atoms with E-state index in [1.807, 2.05) is 35.1 Å². The van der Waals surface area contributed by atoms with Crippen LogP contribution in [0.3, 0.4) is 0 Å². The molecular formula is C18H18N4O2. The zero-order valence-electron chi connectivity index (χ0n) is 13.2. The van der Waals surface area contributed by atoms with Gasteiger partial charge < -0.3 is 9.47 Å². The van der Waals surface area contributed by atoms with Crippen LogP contribution >= 0.6 is 0 Å². The lowest BCUT2D eigenvalue weighted by molar-refractivity contribution is -0.0946. The number of hydrogen-bond acceptors (Lipinski definition) is 5. The molecule has 0 aliphatic carbocycles. The third kappa shape index (κ3) is 3.34. The standard InChI is InChI=1S/C18H18N4O2/c1-2-14(10-15(3-1)18-11-19-5-6-20-18)17-4-7-22(21-17)12-16-13-23-8-9-24-16/h1-7,10-11,16H,8-9,12-13H2. The Morgan fingerprint density at radius 3 is 2.79 bits per heavy atom. The van der Waals surface area contributed by atoms with E-state index in [-0.39, 0.29) is 6.10 Å². The molecule has 1 atom stereocenters. The van der Waals surface area contributed by atoms with Crippen LogP contribution in [0.5, 0.6) is 0 Å². The van der Waals surface area contributed by atoms with Crippen molar-refractivity contribution in [2.24, 2.45) is 0 Å². The molecular weight excluding hydrogens is 304 g/mol. The number of rotatable bonds is 4.